The Balaban J connectivity index is 1.43. The van der Waals surface area contributed by atoms with Crippen LogP contribution in [0.1, 0.15) is 37.3 Å². The zero-order chi connectivity index (χ0) is 23.2. The molecule has 0 spiro atoms. The molecule has 1 aromatic heterocycles. The van der Waals surface area contributed by atoms with Gasteiger partial charge in [0.1, 0.15) is 0 Å². The van der Waals surface area contributed by atoms with Crippen molar-refractivity contribution in [1.29, 1.82) is 0 Å². The Bertz CT molecular complexity index is 1160. The van der Waals surface area contributed by atoms with Crippen LogP contribution in [0.3, 0.4) is 0 Å². The average Bonchev–Trinajstić information content (AvgIpc) is 2.82. The van der Waals surface area contributed by atoms with Gasteiger partial charge in [0, 0.05) is 19.1 Å². The van der Waals surface area contributed by atoms with Crippen LogP contribution in [0.25, 0.3) is 11.0 Å². The Hall–Kier alpha value is -2.64. The van der Waals surface area contributed by atoms with Crippen LogP contribution in [0, 0.1) is 6.92 Å². The molecule has 2 heterocycles. The molecule has 0 bridgehead atoms. The summed E-state index contributed by atoms with van der Waals surface area (Å²) >= 11 is 1.21. The molecule has 1 N–H and O–H groups in total. The molecule has 1 unspecified atom stereocenters. The monoisotopic (exact) mass is 464 g/mol. The van der Waals surface area contributed by atoms with Crippen LogP contribution >= 0.6 is 11.8 Å². The highest BCUT2D eigenvalue weighted by molar-refractivity contribution is 7.99. The third-order valence-electron chi connectivity index (χ3n) is 6.29. The number of likely N-dealkylation sites (tertiary alicyclic amines) is 1. The maximum Gasteiger partial charge on any atom is 0.283 e. The van der Waals surface area contributed by atoms with Gasteiger partial charge in [-0.3, -0.25) is 19.1 Å². The Morgan fingerprint density at radius 2 is 1.94 bits per heavy atom. The fourth-order valence-corrected chi connectivity index (χ4v) is 5.08. The van der Waals surface area contributed by atoms with E-state index in [0.29, 0.717) is 24.2 Å². The van der Waals surface area contributed by atoms with Crippen LogP contribution in [0.4, 0.5) is 0 Å². The Labute approximate surface area is 199 Å². The van der Waals surface area contributed by atoms with Crippen LogP contribution < -0.4 is 10.9 Å². The van der Waals surface area contributed by atoms with Crippen LogP contribution in [-0.4, -0.2) is 51.8 Å². The first-order valence-electron chi connectivity index (χ1n) is 11.7. The van der Waals surface area contributed by atoms with E-state index in [2.05, 4.69) is 22.1 Å². The lowest BCUT2D eigenvalue weighted by Gasteiger charge is -2.33. The molecule has 1 aliphatic rings. The summed E-state index contributed by atoms with van der Waals surface area (Å²) in [6, 6.07) is 16.4. The summed E-state index contributed by atoms with van der Waals surface area (Å²) in [5.41, 5.74) is 3.63. The van der Waals surface area contributed by atoms with Gasteiger partial charge >= 0.3 is 0 Å². The predicted molar refractivity (Wildman–Crippen MR) is 135 cm³/mol. The predicted octanol–water partition coefficient (Wildman–Crippen LogP) is 3.84. The van der Waals surface area contributed by atoms with Crippen molar-refractivity contribution in [3.05, 3.63) is 70.0 Å². The molecule has 0 saturated carbocycles. The minimum atomic E-state index is -0.158. The third kappa shape index (κ3) is 6.03. The molecule has 174 valence electrons. The van der Waals surface area contributed by atoms with Gasteiger partial charge in [0.15, 0.2) is 5.03 Å². The normalized spacial score (nSPS) is 16.7. The molecule has 3 aromatic rings. The zero-order valence-corrected chi connectivity index (χ0v) is 20.2. The van der Waals surface area contributed by atoms with Gasteiger partial charge in [0.05, 0.1) is 23.3 Å². The fourth-order valence-electron chi connectivity index (χ4n) is 4.31. The Kier molecular flexibility index (Phi) is 7.83. The largest absolute Gasteiger partial charge is 0.354 e. The number of aryl methyl sites for hydroxylation is 1. The second-order valence-electron chi connectivity index (χ2n) is 8.80. The number of hydrogen-bond acceptors (Lipinski definition) is 5. The second-order valence-corrected chi connectivity index (χ2v) is 9.77. The summed E-state index contributed by atoms with van der Waals surface area (Å²) < 4.78 is 1.75. The molecule has 2 aromatic carbocycles. The number of carbonyl (C=O) groups excluding carboxylic acids is 1. The summed E-state index contributed by atoms with van der Waals surface area (Å²) in [5, 5.41) is 3.36. The SMILES string of the molecule is Cc1ccc(Cn2c(=O)c(SCC(=O)NCCN3CCCCC3C)nc3ccccc32)cc1. The second kappa shape index (κ2) is 11.0. The van der Waals surface area contributed by atoms with E-state index in [1.54, 1.807) is 4.57 Å². The number of nitrogens with one attached hydrogen (secondary N) is 1. The molecule has 0 aliphatic carbocycles. The molecule has 1 saturated heterocycles. The summed E-state index contributed by atoms with van der Waals surface area (Å²) in [4.78, 5) is 32.7. The lowest BCUT2D eigenvalue weighted by molar-refractivity contribution is -0.118. The molecule has 1 aliphatic heterocycles. The van der Waals surface area contributed by atoms with Crippen LogP contribution in [0.2, 0.25) is 0 Å². The quantitative estimate of drug-likeness (QED) is 0.513. The van der Waals surface area contributed by atoms with Crippen molar-refractivity contribution in [3.63, 3.8) is 0 Å². The molecule has 1 fully saturated rings. The summed E-state index contributed by atoms with van der Waals surface area (Å²) in [7, 11) is 0. The van der Waals surface area contributed by atoms with E-state index in [0.717, 1.165) is 29.7 Å². The van der Waals surface area contributed by atoms with Crippen molar-refractivity contribution >= 4 is 28.7 Å². The van der Waals surface area contributed by atoms with Crippen molar-refractivity contribution in [3.8, 4) is 0 Å². The Morgan fingerprint density at radius 3 is 2.73 bits per heavy atom. The van der Waals surface area contributed by atoms with Crippen molar-refractivity contribution in [2.24, 2.45) is 0 Å². The molecule has 1 atom stereocenters. The van der Waals surface area contributed by atoms with E-state index in [4.69, 9.17) is 0 Å². The van der Waals surface area contributed by atoms with Crippen LogP contribution in [-0.2, 0) is 11.3 Å². The van der Waals surface area contributed by atoms with Gasteiger partial charge in [-0.05, 0) is 50.9 Å². The van der Waals surface area contributed by atoms with E-state index in [1.165, 1.54) is 36.6 Å². The number of hydrogen-bond donors (Lipinski definition) is 1. The number of amides is 1. The molecular formula is C26H32N4O2S. The van der Waals surface area contributed by atoms with Crippen molar-refractivity contribution in [1.82, 2.24) is 19.8 Å². The molecule has 33 heavy (non-hydrogen) atoms. The highest BCUT2D eigenvalue weighted by Crippen LogP contribution is 2.18. The molecule has 6 nitrogen and oxygen atoms in total. The topological polar surface area (TPSA) is 67.2 Å². The van der Waals surface area contributed by atoms with Crippen molar-refractivity contribution in [2.45, 2.75) is 50.7 Å². The first kappa shape index (κ1) is 23.5. The number of fused-ring (bicyclic) bond motifs is 1. The first-order chi connectivity index (χ1) is 16.0. The average molecular weight is 465 g/mol. The standard InChI is InChI=1S/C26H32N4O2S/c1-19-10-12-21(13-11-19)17-30-23-9-4-3-8-22(23)28-25(26(30)32)33-18-24(31)27-14-16-29-15-6-5-7-20(29)2/h3-4,8-13,20H,5-7,14-18H2,1-2H3,(H,27,31). The van der Waals surface area contributed by atoms with Gasteiger partial charge < -0.3 is 5.32 Å². The number of aromatic nitrogens is 2. The number of benzene rings is 2. The summed E-state index contributed by atoms with van der Waals surface area (Å²) in [6.07, 6.45) is 3.75. The minimum absolute atomic E-state index is 0.0656. The number of thioether (sulfide) groups is 1. The van der Waals surface area contributed by atoms with Crippen LogP contribution in [0.15, 0.2) is 58.4 Å². The number of nitrogens with zero attached hydrogens (tertiary/aromatic N) is 3. The Morgan fingerprint density at radius 1 is 1.15 bits per heavy atom. The third-order valence-corrected chi connectivity index (χ3v) is 7.23. The van der Waals surface area contributed by atoms with Gasteiger partial charge in [-0.1, -0.05) is 60.1 Å². The summed E-state index contributed by atoms with van der Waals surface area (Å²) in [6.45, 7) is 7.37. The van der Waals surface area contributed by atoms with Gasteiger partial charge in [-0.15, -0.1) is 0 Å². The minimum Gasteiger partial charge on any atom is -0.354 e. The van der Waals surface area contributed by atoms with Crippen LogP contribution in [0.5, 0.6) is 0 Å². The summed E-state index contributed by atoms with van der Waals surface area (Å²) in [5.74, 6) is 0.116. The van der Waals surface area contributed by atoms with E-state index in [-0.39, 0.29) is 17.2 Å². The smallest absolute Gasteiger partial charge is 0.283 e. The highest BCUT2D eigenvalue weighted by atomic mass is 32.2. The van der Waals surface area contributed by atoms with Gasteiger partial charge in [-0.2, -0.15) is 0 Å². The van der Waals surface area contributed by atoms with E-state index >= 15 is 0 Å². The molecule has 1 amide bonds. The maximum atomic E-state index is 13.3. The van der Waals surface area contributed by atoms with Crippen molar-refractivity contribution in [2.75, 3.05) is 25.4 Å². The van der Waals surface area contributed by atoms with E-state index < -0.39 is 0 Å². The lowest BCUT2D eigenvalue weighted by Crippen LogP contribution is -2.42. The highest BCUT2D eigenvalue weighted by Gasteiger charge is 2.18. The fraction of sp³-hybridized carbons (Fsp3) is 0.423. The van der Waals surface area contributed by atoms with Gasteiger partial charge in [-0.25, -0.2) is 4.98 Å². The molecule has 0 radical (unpaired) electrons. The number of rotatable bonds is 8. The number of carbonyl (C=O) groups is 1. The lowest BCUT2D eigenvalue weighted by atomic mass is 10.0. The van der Waals surface area contributed by atoms with E-state index in [9.17, 15) is 9.59 Å². The molecule has 4 rings (SSSR count). The molecular weight excluding hydrogens is 432 g/mol. The van der Waals surface area contributed by atoms with Crippen molar-refractivity contribution < 1.29 is 4.79 Å². The first-order valence-corrected chi connectivity index (χ1v) is 12.7. The zero-order valence-electron chi connectivity index (χ0n) is 19.4. The number of piperidine rings is 1. The number of para-hydroxylation sites is 2. The van der Waals surface area contributed by atoms with E-state index in [1.807, 2.05) is 55.5 Å². The maximum absolute atomic E-state index is 13.3. The van der Waals surface area contributed by atoms with Gasteiger partial charge in [0.2, 0.25) is 5.91 Å². The van der Waals surface area contributed by atoms with Gasteiger partial charge in [0.25, 0.3) is 5.56 Å². The molecule has 7 heteroatoms.